The van der Waals surface area contributed by atoms with E-state index >= 15 is 0 Å². The van der Waals surface area contributed by atoms with Gasteiger partial charge in [0, 0.05) is 12.5 Å². The van der Waals surface area contributed by atoms with E-state index in [-0.39, 0.29) is 17.5 Å². The number of hydrogen-bond acceptors (Lipinski definition) is 2. The first-order valence-electron chi connectivity index (χ1n) is 3.91. The summed E-state index contributed by atoms with van der Waals surface area (Å²) >= 11 is 0. The summed E-state index contributed by atoms with van der Waals surface area (Å²) in [6.07, 6.45) is 0.723. The van der Waals surface area contributed by atoms with Gasteiger partial charge in [-0.25, -0.2) is 0 Å². The third-order valence-corrected chi connectivity index (χ3v) is 1.97. The van der Waals surface area contributed by atoms with E-state index in [0.29, 0.717) is 0 Å². The van der Waals surface area contributed by atoms with Gasteiger partial charge in [-0.2, -0.15) is 4.74 Å². The van der Waals surface area contributed by atoms with Gasteiger partial charge in [-0.15, -0.1) is 0 Å². The molecule has 1 atom stereocenters. The van der Waals surface area contributed by atoms with Crippen molar-refractivity contribution < 1.29 is 9.53 Å². The summed E-state index contributed by atoms with van der Waals surface area (Å²) in [5, 5.41) is 11.2. The van der Waals surface area contributed by atoms with Crippen LogP contribution in [-0.4, -0.2) is 35.0 Å². The number of nitrogens with zero attached hydrogens (tertiary/aromatic N) is 2. The van der Waals surface area contributed by atoms with Gasteiger partial charge >= 0.3 is 5.91 Å². The molecule has 0 spiro atoms. The van der Waals surface area contributed by atoms with Crippen molar-refractivity contribution in [3.05, 3.63) is 5.21 Å². The van der Waals surface area contributed by atoms with Gasteiger partial charge in [-0.3, -0.25) is 9.69 Å². The lowest BCUT2D eigenvalue weighted by Crippen LogP contribution is -2.44. The molecule has 4 heteroatoms. The second kappa shape index (κ2) is 2.47. The van der Waals surface area contributed by atoms with Crippen LogP contribution < -0.4 is 0 Å². The Morgan fingerprint density at radius 1 is 1.58 bits per heavy atom. The van der Waals surface area contributed by atoms with E-state index < -0.39 is 0 Å². The Labute approximate surface area is 72.1 Å². The van der Waals surface area contributed by atoms with Crippen molar-refractivity contribution in [3.63, 3.8) is 0 Å². The molecule has 0 radical (unpaired) electrons. The number of amides is 1. The predicted molar refractivity (Wildman–Crippen MR) is 45.7 cm³/mol. The van der Waals surface area contributed by atoms with Crippen molar-refractivity contribution in [1.82, 2.24) is 4.90 Å². The quantitative estimate of drug-likeness (QED) is 0.390. The molecule has 1 amide bonds. The van der Waals surface area contributed by atoms with Crippen LogP contribution in [0, 0.1) is 10.6 Å². The standard InChI is InChI=1S/C8H14N2O2/c1-8(2,3)7-9(4)6(11)5-10(7)12/h5,7H,1-4H3/t7-/m0/s1. The zero-order valence-electron chi connectivity index (χ0n) is 7.87. The molecule has 1 rings (SSSR count). The van der Waals surface area contributed by atoms with Crippen LogP contribution >= 0.6 is 0 Å². The highest BCUT2D eigenvalue weighted by Gasteiger charge is 2.42. The first-order chi connectivity index (χ1) is 5.34. The Morgan fingerprint density at radius 2 is 2.08 bits per heavy atom. The zero-order valence-corrected chi connectivity index (χ0v) is 7.87. The number of rotatable bonds is 0. The van der Waals surface area contributed by atoms with Crippen LogP contribution in [-0.2, 0) is 4.79 Å². The van der Waals surface area contributed by atoms with Gasteiger partial charge < -0.3 is 5.21 Å². The molecule has 68 valence electrons. The molecule has 1 aliphatic rings. The average molecular weight is 170 g/mol. The van der Waals surface area contributed by atoms with Crippen LogP contribution in [0.15, 0.2) is 0 Å². The Hall–Kier alpha value is -1.06. The van der Waals surface area contributed by atoms with Gasteiger partial charge in [0.05, 0.1) is 0 Å². The van der Waals surface area contributed by atoms with Crippen LogP contribution in [0.3, 0.4) is 0 Å². The molecule has 0 fully saturated rings. The topological polar surface area (TPSA) is 46.4 Å². The fraction of sp³-hybridized carbons (Fsp3) is 0.750. The lowest BCUT2D eigenvalue weighted by molar-refractivity contribution is -0.529. The minimum atomic E-state index is -0.370. The monoisotopic (exact) mass is 170 g/mol. The Balaban J connectivity index is 2.94. The third kappa shape index (κ3) is 1.29. The highest BCUT2D eigenvalue weighted by atomic mass is 16.5. The van der Waals surface area contributed by atoms with E-state index in [1.807, 2.05) is 20.8 Å². The molecule has 0 bridgehead atoms. The SMILES string of the molecule is CN1C(=O)C=[N+]([O-])[C@H]1C(C)(C)C. The lowest BCUT2D eigenvalue weighted by Gasteiger charge is -2.29. The summed E-state index contributed by atoms with van der Waals surface area (Å²) in [5.74, 6) is -0.218. The fourth-order valence-electron chi connectivity index (χ4n) is 1.52. The van der Waals surface area contributed by atoms with Crippen LogP contribution in [0.2, 0.25) is 0 Å². The second-order valence-corrected chi connectivity index (χ2v) is 4.18. The van der Waals surface area contributed by atoms with Crippen molar-refractivity contribution in [3.8, 4) is 0 Å². The molecule has 12 heavy (non-hydrogen) atoms. The van der Waals surface area contributed by atoms with Crippen molar-refractivity contribution in [1.29, 1.82) is 0 Å². The Bertz CT molecular complexity index is 240. The van der Waals surface area contributed by atoms with Crippen molar-refractivity contribution in [2.45, 2.75) is 26.9 Å². The van der Waals surface area contributed by atoms with E-state index in [4.69, 9.17) is 0 Å². The lowest BCUT2D eigenvalue weighted by atomic mass is 9.92. The Kier molecular flexibility index (Phi) is 1.86. The van der Waals surface area contributed by atoms with E-state index in [1.54, 1.807) is 7.05 Å². The Morgan fingerprint density at radius 3 is 2.25 bits per heavy atom. The average Bonchev–Trinajstić information content (AvgIpc) is 2.05. The molecule has 1 heterocycles. The molecule has 0 unspecified atom stereocenters. The molecular weight excluding hydrogens is 156 g/mol. The summed E-state index contributed by atoms with van der Waals surface area (Å²) in [5.41, 5.74) is -0.209. The maximum atomic E-state index is 11.2. The molecule has 0 saturated heterocycles. The normalized spacial score (nSPS) is 24.7. The van der Waals surface area contributed by atoms with Gasteiger partial charge in [0.2, 0.25) is 12.4 Å². The molecule has 0 aromatic rings. The van der Waals surface area contributed by atoms with Gasteiger partial charge in [-0.05, 0) is 0 Å². The summed E-state index contributed by atoms with van der Waals surface area (Å²) in [6, 6.07) is 0. The molecule has 0 N–H and O–H groups in total. The molecule has 0 aliphatic carbocycles. The fourth-order valence-corrected chi connectivity index (χ4v) is 1.52. The number of carbonyl (C=O) groups is 1. The van der Waals surface area contributed by atoms with E-state index in [0.717, 1.165) is 11.0 Å². The molecule has 0 saturated carbocycles. The zero-order chi connectivity index (χ0) is 9.52. The predicted octanol–water partition coefficient (Wildman–Crippen LogP) is 0.412. The number of carbonyl (C=O) groups excluding carboxylic acids is 1. The smallest absolute Gasteiger partial charge is 0.316 e. The maximum Gasteiger partial charge on any atom is 0.316 e. The molecule has 1 aliphatic heterocycles. The maximum absolute atomic E-state index is 11.2. The van der Waals surface area contributed by atoms with Crippen LogP contribution in [0.1, 0.15) is 20.8 Å². The van der Waals surface area contributed by atoms with Crippen LogP contribution in [0.5, 0.6) is 0 Å². The minimum absolute atomic E-state index is 0.209. The first kappa shape index (κ1) is 9.03. The largest absolute Gasteiger partial charge is 0.622 e. The number of hydrogen-bond donors (Lipinski definition) is 0. The third-order valence-electron chi connectivity index (χ3n) is 1.97. The summed E-state index contributed by atoms with van der Waals surface area (Å²) in [6.45, 7) is 5.81. The highest BCUT2D eigenvalue weighted by molar-refractivity contribution is 6.25. The number of hydroxylamine groups is 1. The van der Waals surface area contributed by atoms with Gasteiger partial charge in [-0.1, -0.05) is 20.8 Å². The highest BCUT2D eigenvalue weighted by Crippen LogP contribution is 2.25. The van der Waals surface area contributed by atoms with Crippen LogP contribution in [0.25, 0.3) is 0 Å². The molecule has 0 aromatic carbocycles. The second-order valence-electron chi connectivity index (χ2n) is 4.18. The first-order valence-corrected chi connectivity index (χ1v) is 3.91. The van der Waals surface area contributed by atoms with E-state index in [1.165, 1.54) is 4.90 Å². The van der Waals surface area contributed by atoms with Gasteiger partial charge in [0.25, 0.3) is 0 Å². The molecule has 0 aromatic heterocycles. The van der Waals surface area contributed by atoms with Gasteiger partial charge in [0.15, 0.2) is 0 Å². The summed E-state index contributed by atoms with van der Waals surface area (Å²) in [4.78, 5) is 12.5. The molecule has 4 nitrogen and oxygen atoms in total. The van der Waals surface area contributed by atoms with E-state index in [9.17, 15) is 10.0 Å². The summed E-state index contributed by atoms with van der Waals surface area (Å²) < 4.78 is 0.725. The van der Waals surface area contributed by atoms with Crippen LogP contribution in [0.4, 0.5) is 0 Å². The van der Waals surface area contributed by atoms with Crippen molar-refractivity contribution in [2.75, 3.05) is 7.05 Å². The van der Waals surface area contributed by atoms with Crippen molar-refractivity contribution >= 4 is 12.1 Å². The van der Waals surface area contributed by atoms with Gasteiger partial charge in [0.1, 0.15) is 0 Å². The van der Waals surface area contributed by atoms with Crippen molar-refractivity contribution in [2.24, 2.45) is 5.41 Å². The molecular formula is C8H14N2O2. The summed E-state index contributed by atoms with van der Waals surface area (Å²) in [7, 11) is 1.65. The minimum Gasteiger partial charge on any atom is -0.622 e. The van der Waals surface area contributed by atoms with E-state index in [2.05, 4.69) is 0 Å².